The highest BCUT2D eigenvalue weighted by Gasteiger charge is 2.30. The molecule has 2 aliphatic rings. The van der Waals surface area contributed by atoms with Crippen LogP contribution in [-0.2, 0) is 13.0 Å². The number of nitrogens with zero attached hydrogens (tertiary/aromatic N) is 6. The van der Waals surface area contributed by atoms with E-state index in [2.05, 4.69) is 37.0 Å². The van der Waals surface area contributed by atoms with E-state index in [0.717, 1.165) is 69.0 Å². The second-order valence-electron chi connectivity index (χ2n) is 7.07. The molecule has 8 heteroatoms. The minimum Gasteiger partial charge on any atom is -0.339 e. The Bertz CT molecular complexity index is 695. The molecule has 0 bridgehead atoms. The number of hydrogen-bond acceptors (Lipinski definition) is 8. The van der Waals surface area contributed by atoms with Gasteiger partial charge < -0.3 is 9.05 Å². The fourth-order valence-electron chi connectivity index (χ4n) is 3.30. The molecule has 0 N–H and O–H groups in total. The predicted octanol–water partition coefficient (Wildman–Crippen LogP) is 2.16. The van der Waals surface area contributed by atoms with Gasteiger partial charge in [-0.15, -0.1) is 0 Å². The second kappa shape index (κ2) is 7.21. The summed E-state index contributed by atoms with van der Waals surface area (Å²) in [4.78, 5) is 13.8. The van der Waals surface area contributed by atoms with Gasteiger partial charge in [0.05, 0.1) is 12.6 Å². The van der Waals surface area contributed by atoms with Crippen LogP contribution in [0.1, 0.15) is 68.5 Å². The quantitative estimate of drug-likeness (QED) is 0.787. The molecule has 1 atom stereocenters. The van der Waals surface area contributed by atoms with Gasteiger partial charge in [0.1, 0.15) is 0 Å². The summed E-state index contributed by atoms with van der Waals surface area (Å²) in [6.45, 7) is 8.96. The molecule has 2 aromatic rings. The summed E-state index contributed by atoms with van der Waals surface area (Å²) in [5.74, 6) is 3.65. The van der Waals surface area contributed by atoms with Crippen molar-refractivity contribution < 1.29 is 9.05 Å². The lowest BCUT2D eigenvalue weighted by Crippen LogP contribution is -2.32. The Morgan fingerprint density at radius 3 is 2.64 bits per heavy atom. The van der Waals surface area contributed by atoms with Gasteiger partial charge >= 0.3 is 0 Å². The minimum absolute atomic E-state index is 0.152. The van der Waals surface area contributed by atoms with Crippen LogP contribution in [-0.4, -0.2) is 56.3 Å². The van der Waals surface area contributed by atoms with E-state index < -0.39 is 0 Å². The first-order valence-corrected chi connectivity index (χ1v) is 9.34. The molecule has 3 heterocycles. The zero-order valence-electron chi connectivity index (χ0n) is 15.0. The molecule has 2 aromatic heterocycles. The molecule has 1 saturated carbocycles. The summed E-state index contributed by atoms with van der Waals surface area (Å²) in [6, 6.07) is 0.152. The Labute approximate surface area is 147 Å². The normalized spacial score (nSPS) is 21.4. The van der Waals surface area contributed by atoms with Gasteiger partial charge in [0, 0.05) is 32.0 Å². The Morgan fingerprint density at radius 2 is 1.88 bits per heavy atom. The second-order valence-corrected chi connectivity index (χ2v) is 7.07. The van der Waals surface area contributed by atoms with Crippen LogP contribution in [0.5, 0.6) is 0 Å². The maximum atomic E-state index is 5.42. The molecule has 8 nitrogen and oxygen atoms in total. The highest BCUT2D eigenvalue weighted by atomic mass is 16.5. The van der Waals surface area contributed by atoms with Crippen LogP contribution in [0.2, 0.25) is 0 Å². The van der Waals surface area contributed by atoms with E-state index in [9.17, 15) is 0 Å². The van der Waals surface area contributed by atoms with E-state index in [0.29, 0.717) is 5.92 Å². The van der Waals surface area contributed by atoms with Crippen molar-refractivity contribution >= 4 is 0 Å². The monoisotopic (exact) mass is 346 g/mol. The molecular formula is C17H26N6O2. The van der Waals surface area contributed by atoms with Gasteiger partial charge in [0.2, 0.25) is 11.8 Å². The molecule has 1 saturated heterocycles. The van der Waals surface area contributed by atoms with Crippen molar-refractivity contribution in [3.63, 3.8) is 0 Å². The molecule has 1 aliphatic carbocycles. The maximum Gasteiger partial charge on any atom is 0.243 e. The lowest BCUT2D eigenvalue weighted by atomic mass is 10.2. The largest absolute Gasteiger partial charge is 0.339 e. The maximum absolute atomic E-state index is 5.42. The average Bonchev–Trinajstić information content (AvgIpc) is 3.26. The van der Waals surface area contributed by atoms with Gasteiger partial charge in [-0.25, -0.2) is 0 Å². The van der Waals surface area contributed by atoms with Crippen molar-refractivity contribution in [2.45, 2.75) is 58.0 Å². The van der Waals surface area contributed by atoms with Gasteiger partial charge in [0.15, 0.2) is 11.6 Å². The van der Waals surface area contributed by atoms with Gasteiger partial charge in [-0.05, 0) is 32.7 Å². The highest BCUT2D eigenvalue weighted by Crippen LogP contribution is 2.38. The third-order valence-corrected chi connectivity index (χ3v) is 5.10. The number of aryl methyl sites for hydroxylation is 1. The molecule has 0 aromatic carbocycles. The van der Waals surface area contributed by atoms with Crippen molar-refractivity contribution in [1.82, 2.24) is 30.1 Å². The van der Waals surface area contributed by atoms with Crippen LogP contribution < -0.4 is 0 Å². The zero-order valence-corrected chi connectivity index (χ0v) is 15.0. The third-order valence-electron chi connectivity index (χ3n) is 5.10. The lowest BCUT2D eigenvalue weighted by molar-refractivity contribution is 0.174. The smallest absolute Gasteiger partial charge is 0.243 e. The lowest BCUT2D eigenvalue weighted by Gasteiger charge is -2.24. The van der Waals surface area contributed by atoms with E-state index in [-0.39, 0.29) is 6.04 Å². The first kappa shape index (κ1) is 16.7. The molecule has 2 fully saturated rings. The van der Waals surface area contributed by atoms with Crippen molar-refractivity contribution in [1.29, 1.82) is 0 Å². The molecule has 136 valence electrons. The van der Waals surface area contributed by atoms with E-state index >= 15 is 0 Å². The minimum atomic E-state index is 0.152. The summed E-state index contributed by atoms with van der Waals surface area (Å²) in [5, 5.41) is 8.16. The van der Waals surface area contributed by atoms with Crippen LogP contribution in [0.3, 0.4) is 0 Å². The molecule has 0 amide bonds. The fourth-order valence-corrected chi connectivity index (χ4v) is 3.30. The molecule has 1 aliphatic heterocycles. The summed E-state index contributed by atoms with van der Waals surface area (Å²) < 4.78 is 10.8. The van der Waals surface area contributed by atoms with Crippen molar-refractivity contribution in [2.24, 2.45) is 0 Å². The van der Waals surface area contributed by atoms with Crippen LogP contribution in [0.15, 0.2) is 9.05 Å². The number of rotatable bonds is 6. The van der Waals surface area contributed by atoms with Crippen LogP contribution in [0.4, 0.5) is 0 Å². The molecule has 0 radical (unpaired) electrons. The van der Waals surface area contributed by atoms with Gasteiger partial charge in [-0.2, -0.15) is 9.97 Å². The zero-order chi connectivity index (χ0) is 17.2. The first-order chi connectivity index (χ1) is 12.2. The Morgan fingerprint density at radius 1 is 1.04 bits per heavy atom. The molecule has 0 spiro atoms. The van der Waals surface area contributed by atoms with Crippen molar-refractivity contribution in [3.8, 4) is 0 Å². The van der Waals surface area contributed by atoms with Gasteiger partial charge in [0.25, 0.3) is 0 Å². The van der Waals surface area contributed by atoms with E-state index in [1.165, 1.54) is 12.8 Å². The first-order valence-electron chi connectivity index (χ1n) is 9.34. The number of hydrogen-bond donors (Lipinski definition) is 0. The van der Waals surface area contributed by atoms with Crippen LogP contribution in [0.25, 0.3) is 0 Å². The molecule has 0 unspecified atom stereocenters. The average molecular weight is 346 g/mol. The summed E-state index contributed by atoms with van der Waals surface area (Å²) in [5.41, 5.74) is 0. The number of aromatic nitrogens is 4. The van der Waals surface area contributed by atoms with Crippen LogP contribution >= 0.6 is 0 Å². The molecule has 4 rings (SSSR count). The Balaban J connectivity index is 1.32. The van der Waals surface area contributed by atoms with Gasteiger partial charge in [-0.3, -0.25) is 9.80 Å². The topological polar surface area (TPSA) is 84.3 Å². The van der Waals surface area contributed by atoms with Crippen molar-refractivity contribution in [3.05, 3.63) is 23.4 Å². The van der Waals surface area contributed by atoms with E-state index in [4.69, 9.17) is 9.05 Å². The fraction of sp³-hybridized carbons (Fsp3) is 0.765. The van der Waals surface area contributed by atoms with Gasteiger partial charge in [-0.1, -0.05) is 17.2 Å². The molecular weight excluding hydrogens is 320 g/mol. The SMILES string of the molecule is CCc1noc([C@H](C)N2CCCN(Cc3noc(C4CC4)n3)CC2)n1. The summed E-state index contributed by atoms with van der Waals surface area (Å²) >= 11 is 0. The Kier molecular flexibility index (Phi) is 4.80. The summed E-state index contributed by atoms with van der Waals surface area (Å²) in [7, 11) is 0. The third kappa shape index (κ3) is 3.90. The summed E-state index contributed by atoms with van der Waals surface area (Å²) in [6.07, 6.45) is 4.28. The molecule has 25 heavy (non-hydrogen) atoms. The van der Waals surface area contributed by atoms with Crippen LogP contribution in [0, 0.1) is 0 Å². The van der Waals surface area contributed by atoms with E-state index in [1.807, 2.05) is 6.92 Å². The standard InChI is InChI=1S/C17H26N6O2/c1-3-14-18-16(24-20-14)12(2)23-8-4-7-22(9-10-23)11-15-19-17(25-21-15)13-5-6-13/h12-13H,3-11H2,1-2H3/t12-/m0/s1. The van der Waals surface area contributed by atoms with Crippen molar-refractivity contribution in [2.75, 3.05) is 26.2 Å². The predicted molar refractivity (Wildman–Crippen MR) is 89.8 cm³/mol. The Hall–Kier alpha value is -1.80. The highest BCUT2D eigenvalue weighted by molar-refractivity contribution is 5.01. The van der Waals surface area contributed by atoms with E-state index in [1.54, 1.807) is 0 Å².